The summed E-state index contributed by atoms with van der Waals surface area (Å²) in [5, 5.41) is 2.88. The van der Waals surface area contributed by atoms with Crippen LogP contribution in [0.5, 0.6) is 11.5 Å². The highest BCUT2D eigenvalue weighted by atomic mass is 16.5. The molecule has 8 nitrogen and oxygen atoms in total. The van der Waals surface area contributed by atoms with Gasteiger partial charge in [-0.25, -0.2) is 4.98 Å². The summed E-state index contributed by atoms with van der Waals surface area (Å²) in [6, 6.07) is 18.5. The number of carbonyl (C=O) groups is 1. The lowest BCUT2D eigenvalue weighted by Crippen LogP contribution is -2.16. The topological polar surface area (TPSA) is 87.8 Å². The van der Waals surface area contributed by atoms with Crippen LogP contribution in [0.15, 0.2) is 65.1 Å². The van der Waals surface area contributed by atoms with Crippen molar-refractivity contribution in [2.24, 2.45) is 0 Å². The fourth-order valence-corrected chi connectivity index (χ4v) is 3.49. The summed E-state index contributed by atoms with van der Waals surface area (Å²) in [7, 11) is 1.58. The number of methoxy groups -OCH3 is 1. The Balaban J connectivity index is 1.44. The molecule has 0 aliphatic carbocycles. The third-order valence-corrected chi connectivity index (χ3v) is 5.08. The molecule has 172 valence electrons. The Morgan fingerprint density at radius 2 is 1.85 bits per heavy atom. The molecular formula is C25H27N3O5. The van der Waals surface area contributed by atoms with Crippen molar-refractivity contribution in [1.29, 1.82) is 0 Å². The molecule has 1 N–H and O–H groups in total. The standard InChI is InChI=1S/C25H27N3O5/c1-3-31-16-8-15-28-20-10-5-4-9-19(20)26-25(28)27-24(29)23-14-13-18(33-23)17-32-22-12-7-6-11-21(22)30-2/h4-7,9-14H,3,8,15-17H2,1-2H3,(H,26,27,29). The normalized spacial score (nSPS) is 11.0. The monoisotopic (exact) mass is 449 g/mol. The summed E-state index contributed by atoms with van der Waals surface area (Å²) in [6.07, 6.45) is 0.808. The molecule has 0 aliphatic heterocycles. The molecule has 2 heterocycles. The van der Waals surface area contributed by atoms with Gasteiger partial charge in [0.2, 0.25) is 5.95 Å². The first kappa shape index (κ1) is 22.4. The molecule has 0 atom stereocenters. The number of fused-ring (bicyclic) bond motifs is 1. The third kappa shape index (κ3) is 5.35. The number of rotatable bonds is 11. The summed E-state index contributed by atoms with van der Waals surface area (Å²) in [6.45, 7) is 4.13. The average molecular weight is 450 g/mol. The minimum Gasteiger partial charge on any atom is -0.493 e. The van der Waals surface area contributed by atoms with Gasteiger partial charge in [0.15, 0.2) is 17.3 Å². The van der Waals surface area contributed by atoms with Gasteiger partial charge in [0, 0.05) is 19.8 Å². The lowest BCUT2D eigenvalue weighted by Gasteiger charge is -2.10. The number of benzene rings is 2. The predicted octanol–water partition coefficient (Wildman–Crippen LogP) is 4.90. The number of nitrogens with one attached hydrogen (secondary N) is 1. The maximum absolute atomic E-state index is 12.9. The molecule has 8 heteroatoms. The van der Waals surface area contributed by atoms with E-state index in [0.717, 1.165) is 17.5 Å². The highest BCUT2D eigenvalue weighted by molar-refractivity contribution is 6.02. The molecule has 0 radical (unpaired) electrons. The number of anilines is 1. The maximum atomic E-state index is 12.9. The summed E-state index contributed by atoms with van der Waals surface area (Å²) < 4.78 is 24.2. The number of hydrogen-bond donors (Lipinski definition) is 1. The molecule has 0 spiro atoms. The first-order chi connectivity index (χ1) is 16.2. The van der Waals surface area contributed by atoms with Gasteiger partial charge < -0.3 is 23.2 Å². The minimum atomic E-state index is -0.375. The number of ether oxygens (including phenoxy) is 3. The van der Waals surface area contributed by atoms with E-state index in [-0.39, 0.29) is 18.3 Å². The van der Waals surface area contributed by atoms with Crippen molar-refractivity contribution < 1.29 is 23.4 Å². The van der Waals surface area contributed by atoms with Crippen LogP contribution in [0.2, 0.25) is 0 Å². The fraction of sp³-hybridized carbons (Fsp3) is 0.280. The Morgan fingerprint density at radius 3 is 2.67 bits per heavy atom. The van der Waals surface area contributed by atoms with Crippen molar-refractivity contribution >= 4 is 22.9 Å². The van der Waals surface area contributed by atoms with Crippen molar-refractivity contribution in [1.82, 2.24) is 9.55 Å². The number of imidazole rings is 1. The summed E-state index contributed by atoms with van der Waals surface area (Å²) in [5.74, 6) is 2.03. The Labute approximate surface area is 192 Å². The van der Waals surface area contributed by atoms with Gasteiger partial charge in [0.25, 0.3) is 5.91 Å². The SMILES string of the molecule is CCOCCCn1c(NC(=O)c2ccc(COc3ccccc3OC)o2)nc2ccccc21. The average Bonchev–Trinajstić information content (AvgIpc) is 3.45. The van der Waals surface area contributed by atoms with Crippen molar-refractivity contribution in [3.8, 4) is 11.5 Å². The van der Waals surface area contributed by atoms with E-state index in [1.165, 1.54) is 0 Å². The van der Waals surface area contributed by atoms with E-state index in [0.29, 0.717) is 43.0 Å². The van der Waals surface area contributed by atoms with Gasteiger partial charge in [-0.05, 0) is 49.7 Å². The largest absolute Gasteiger partial charge is 0.493 e. The lowest BCUT2D eigenvalue weighted by molar-refractivity contribution is 0.0991. The van der Waals surface area contributed by atoms with Crippen LogP contribution >= 0.6 is 0 Å². The van der Waals surface area contributed by atoms with Gasteiger partial charge in [-0.15, -0.1) is 0 Å². The summed E-state index contributed by atoms with van der Waals surface area (Å²) >= 11 is 0. The second-order valence-electron chi connectivity index (χ2n) is 7.29. The number of hydrogen-bond acceptors (Lipinski definition) is 6. The van der Waals surface area contributed by atoms with Crippen LogP contribution in [0.3, 0.4) is 0 Å². The van der Waals surface area contributed by atoms with E-state index in [4.69, 9.17) is 18.6 Å². The van der Waals surface area contributed by atoms with Gasteiger partial charge in [-0.2, -0.15) is 0 Å². The van der Waals surface area contributed by atoms with E-state index in [9.17, 15) is 4.79 Å². The lowest BCUT2D eigenvalue weighted by atomic mass is 10.3. The number of nitrogens with zero attached hydrogens (tertiary/aromatic N) is 2. The van der Waals surface area contributed by atoms with Gasteiger partial charge in [-0.1, -0.05) is 24.3 Å². The number of aromatic nitrogens is 2. The van der Waals surface area contributed by atoms with Crippen molar-refractivity contribution in [3.05, 3.63) is 72.2 Å². The Hall–Kier alpha value is -3.78. The first-order valence-electron chi connectivity index (χ1n) is 10.9. The molecule has 0 bridgehead atoms. The zero-order valence-electron chi connectivity index (χ0n) is 18.7. The van der Waals surface area contributed by atoms with Crippen LogP contribution in [0.4, 0.5) is 5.95 Å². The molecule has 0 saturated heterocycles. The van der Waals surface area contributed by atoms with E-state index in [1.807, 2.05) is 60.0 Å². The van der Waals surface area contributed by atoms with E-state index >= 15 is 0 Å². The predicted molar refractivity (Wildman–Crippen MR) is 125 cm³/mol. The van der Waals surface area contributed by atoms with E-state index < -0.39 is 0 Å². The molecule has 0 fully saturated rings. The second-order valence-corrected chi connectivity index (χ2v) is 7.29. The molecule has 0 saturated carbocycles. The number of furan rings is 1. The van der Waals surface area contributed by atoms with Gasteiger partial charge in [-0.3, -0.25) is 10.1 Å². The highest BCUT2D eigenvalue weighted by Gasteiger charge is 2.17. The smallest absolute Gasteiger partial charge is 0.293 e. The zero-order valence-corrected chi connectivity index (χ0v) is 18.7. The first-order valence-corrected chi connectivity index (χ1v) is 10.9. The Morgan fingerprint density at radius 1 is 1.06 bits per heavy atom. The van der Waals surface area contributed by atoms with Crippen LogP contribution in [0, 0.1) is 0 Å². The van der Waals surface area contributed by atoms with Gasteiger partial charge in [0.05, 0.1) is 18.1 Å². The molecule has 4 aromatic rings. The van der Waals surface area contributed by atoms with E-state index in [2.05, 4.69) is 10.3 Å². The molecule has 2 aromatic carbocycles. The number of amides is 1. The quantitative estimate of drug-likeness (QED) is 0.328. The number of aryl methyl sites for hydroxylation is 1. The zero-order chi connectivity index (χ0) is 23.0. The molecule has 4 rings (SSSR count). The minimum absolute atomic E-state index is 0.170. The molecule has 1 amide bonds. The van der Waals surface area contributed by atoms with Crippen molar-refractivity contribution in [2.75, 3.05) is 25.6 Å². The number of para-hydroxylation sites is 4. The van der Waals surface area contributed by atoms with Crippen LogP contribution in [-0.2, 0) is 17.9 Å². The Kier molecular flexibility index (Phi) is 7.26. The molecule has 2 aromatic heterocycles. The van der Waals surface area contributed by atoms with Crippen LogP contribution < -0.4 is 14.8 Å². The summed E-state index contributed by atoms with van der Waals surface area (Å²) in [4.78, 5) is 17.5. The van der Waals surface area contributed by atoms with Crippen LogP contribution in [0.1, 0.15) is 29.7 Å². The van der Waals surface area contributed by atoms with Gasteiger partial charge in [0.1, 0.15) is 12.4 Å². The van der Waals surface area contributed by atoms with Crippen LogP contribution in [0.25, 0.3) is 11.0 Å². The fourth-order valence-electron chi connectivity index (χ4n) is 3.49. The molecule has 0 aliphatic rings. The Bertz CT molecular complexity index is 1210. The molecule has 33 heavy (non-hydrogen) atoms. The maximum Gasteiger partial charge on any atom is 0.293 e. The van der Waals surface area contributed by atoms with Crippen LogP contribution in [-0.4, -0.2) is 35.8 Å². The second kappa shape index (κ2) is 10.7. The van der Waals surface area contributed by atoms with Crippen molar-refractivity contribution in [3.63, 3.8) is 0 Å². The highest BCUT2D eigenvalue weighted by Crippen LogP contribution is 2.27. The third-order valence-electron chi connectivity index (χ3n) is 5.08. The number of carbonyl (C=O) groups excluding carboxylic acids is 1. The van der Waals surface area contributed by atoms with Gasteiger partial charge >= 0.3 is 0 Å². The summed E-state index contributed by atoms with van der Waals surface area (Å²) in [5.41, 5.74) is 1.77. The molecule has 0 unspecified atom stereocenters. The van der Waals surface area contributed by atoms with Crippen molar-refractivity contribution in [2.45, 2.75) is 26.5 Å². The van der Waals surface area contributed by atoms with E-state index in [1.54, 1.807) is 19.2 Å². The molecular weight excluding hydrogens is 422 g/mol.